The minimum absolute atomic E-state index is 0.195. The fourth-order valence-corrected chi connectivity index (χ4v) is 9.93. The van der Waals surface area contributed by atoms with Gasteiger partial charge in [0.2, 0.25) is 0 Å². The molecule has 5 heteroatoms. The number of fused-ring (bicyclic) bond motifs is 8. The highest BCUT2D eigenvalue weighted by molar-refractivity contribution is 6.14. The summed E-state index contributed by atoms with van der Waals surface area (Å²) in [5.74, 6) is 0.195. The molecule has 0 saturated heterocycles. The van der Waals surface area contributed by atoms with E-state index in [9.17, 15) is 0 Å². The maximum absolute atomic E-state index is 7.50. The monoisotopic (exact) mass is 733 g/mol. The van der Waals surface area contributed by atoms with E-state index in [1.54, 1.807) is 0 Å². The summed E-state index contributed by atoms with van der Waals surface area (Å²) in [5, 5.41) is 4.61. The molecule has 0 saturated carbocycles. The molecule has 9 aromatic rings. The number of hydrogen-bond donors (Lipinski definition) is 1. The number of nitrogens with zero attached hydrogens (tertiary/aromatic N) is 4. The lowest BCUT2D eigenvalue weighted by Crippen LogP contribution is -2.36. The molecule has 0 amide bonds. The SMILES string of the molecule is C/C=C\C1=C(N)c2c(ccc3c4ccccc4n(-c4ccc(-c5ccc(-n6c7ccncc7c7cnccc76)cc5)cc4)c23)C1(c1ccccc1)C1C=CC=CC1. The molecule has 11 rings (SSSR count). The molecular weight excluding hydrogens is 695 g/mol. The second-order valence-corrected chi connectivity index (χ2v) is 15.1. The van der Waals surface area contributed by atoms with Gasteiger partial charge in [-0.2, -0.15) is 0 Å². The molecule has 272 valence electrons. The van der Waals surface area contributed by atoms with E-state index >= 15 is 0 Å². The van der Waals surface area contributed by atoms with E-state index in [1.807, 2.05) is 24.8 Å². The summed E-state index contributed by atoms with van der Waals surface area (Å²) in [6.07, 6.45) is 21.9. The average molecular weight is 734 g/mol. The van der Waals surface area contributed by atoms with Gasteiger partial charge < -0.3 is 14.9 Å². The van der Waals surface area contributed by atoms with Crippen LogP contribution in [-0.4, -0.2) is 19.1 Å². The summed E-state index contributed by atoms with van der Waals surface area (Å²) < 4.78 is 4.72. The predicted molar refractivity (Wildman–Crippen MR) is 236 cm³/mol. The Morgan fingerprint density at radius 2 is 1.26 bits per heavy atom. The number of para-hydroxylation sites is 1. The molecule has 2 aliphatic carbocycles. The van der Waals surface area contributed by atoms with Gasteiger partial charge in [-0.05, 0) is 89.6 Å². The second kappa shape index (κ2) is 12.9. The Morgan fingerprint density at radius 1 is 0.632 bits per heavy atom. The van der Waals surface area contributed by atoms with Crippen LogP contribution in [-0.2, 0) is 5.41 Å². The first kappa shape index (κ1) is 33.1. The smallest absolute Gasteiger partial charge is 0.0637 e. The van der Waals surface area contributed by atoms with Gasteiger partial charge in [-0.3, -0.25) is 9.97 Å². The number of rotatable bonds is 6. The van der Waals surface area contributed by atoms with Crippen LogP contribution < -0.4 is 5.73 Å². The first-order valence-electron chi connectivity index (χ1n) is 19.7. The van der Waals surface area contributed by atoms with Crippen molar-refractivity contribution in [2.45, 2.75) is 18.8 Å². The Hall–Kier alpha value is -7.24. The first-order chi connectivity index (χ1) is 28.2. The molecule has 0 bridgehead atoms. The average Bonchev–Trinajstić information content (AvgIpc) is 3.88. The van der Waals surface area contributed by atoms with Crippen LogP contribution >= 0.6 is 0 Å². The summed E-state index contributed by atoms with van der Waals surface area (Å²) in [6.45, 7) is 2.09. The maximum atomic E-state index is 7.50. The van der Waals surface area contributed by atoms with E-state index in [0.717, 1.165) is 78.6 Å². The van der Waals surface area contributed by atoms with Gasteiger partial charge in [0.15, 0.2) is 0 Å². The minimum atomic E-state index is -0.451. The fraction of sp³-hybridized carbons (Fsp3) is 0.0769. The topological polar surface area (TPSA) is 61.7 Å². The van der Waals surface area contributed by atoms with Crippen molar-refractivity contribution >= 4 is 49.3 Å². The van der Waals surface area contributed by atoms with Crippen LogP contribution in [0.1, 0.15) is 30.0 Å². The third-order valence-corrected chi connectivity index (χ3v) is 12.3. The van der Waals surface area contributed by atoms with Crippen molar-refractivity contribution in [2.75, 3.05) is 0 Å². The third-order valence-electron chi connectivity index (χ3n) is 12.3. The summed E-state index contributed by atoms with van der Waals surface area (Å²) in [6, 6.07) is 46.4. The van der Waals surface area contributed by atoms with Gasteiger partial charge in [0, 0.05) is 69.0 Å². The quantitative estimate of drug-likeness (QED) is 0.185. The number of benzene rings is 5. The number of hydrogen-bond acceptors (Lipinski definition) is 3. The Bertz CT molecular complexity index is 3100. The van der Waals surface area contributed by atoms with Gasteiger partial charge in [-0.15, -0.1) is 0 Å². The number of nitrogens with two attached hydrogens (primary N) is 1. The molecule has 57 heavy (non-hydrogen) atoms. The number of allylic oxidation sites excluding steroid dienone is 7. The second-order valence-electron chi connectivity index (χ2n) is 15.1. The van der Waals surface area contributed by atoms with Crippen LogP contribution in [0.5, 0.6) is 0 Å². The van der Waals surface area contributed by atoms with Crippen LogP contribution in [0.25, 0.3) is 71.8 Å². The normalized spacial score (nSPS) is 17.9. The highest BCUT2D eigenvalue weighted by Crippen LogP contribution is 2.58. The fourth-order valence-electron chi connectivity index (χ4n) is 9.93. The Kier molecular flexibility index (Phi) is 7.51. The van der Waals surface area contributed by atoms with E-state index in [4.69, 9.17) is 5.73 Å². The molecule has 4 heterocycles. The van der Waals surface area contributed by atoms with Crippen molar-refractivity contribution in [1.82, 2.24) is 19.1 Å². The molecule has 4 aromatic heterocycles. The van der Waals surface area contributed by atoms with E-state index in [-0.39, 0.29) is 5.92 Å². The lowest BCUT2D eigenvalue weighted by molar-refractivity contribution is 0.454. The van der Waals surface area contributed by atoms with Crippen molar-refractivity contribution in [3.8, 4) is 22.5 Å². The van der Waals surface area contributed by atoms with Gasteiger partial charge in [0.05, 0.1) is 27.5 Å². The molecule has 0 spiro atoms. The Balaban J connectivity index is 1.07. The molecule has 2 N–H and O–H groups in total. The van der Waals surface area contributed by atoms with Crippen molar-refractivity contribution in [1.29, 1.82) is 0 Å². The number of aromatic nitrogens is 4. The summed E-state index contributed by atoms with van der Waals surface area (Å²) >= 11 is 0. The predicted octanol–water partition coefficient (Wildman–Crippen LogP) is 12.0. The molecule has 2 unspecified atom stereocenters. The lowest BCUT2D eigenvalue weighted by Gasteiger charge is -2.40. The van der Waals surface area contributed by atoms with E-state index in [2.05, 4.69) is 190 Å². The van der Waals surface area contributed by atoms with Gasteiger partial charge in [0.25, 0.3) is 0 Å². The van der Waals surface area contributed by atoms with Crippen molar-refractivity contribution in [2.24, 2.45) is 11.7 Å². The molecule has 0 aliphatic heterocycles. The number of pyridine rings is 2. The minimum Gasteiger partial charge on any atom is -0.398 e. The van der Waals surface area contributed by atoms with Gasteiger partial charge in [0.1, 0.15) is 0 Å². The highest BCUT2D eigenvalue weighted by Gasteiger charge is 2.50. The standard InChI is InChI=1S/C52H39N5/c1-2-11-45-50(53)49-44(52(45,36-12-5-3-6-13-36)37-14-7-4-8-15-37)27-26-41-40-16-9-10-17-46(40)57(51(41)49)39-24-20-35(21-25-39)34-18-22-38(23-19-34)56-47-28-30-54-32-42(47)43-33-55-31-29-48(43)56/h2-14,16-33,37H,15,53H2,1H3/b11-2-. The van der Waals surface area contributed by atoms with Crippen LogP contribution in [0.2, 0.25) is 0 Å². The zero-order valence-electron chi connectivity index (χ0n) is 31.5. The largest absolute Gasteiger partial charge is 0.398 e. The summed E-state index contributed by atoms with van der Waals surface area (Å²) in [5.41, 5.74) is 21.7. The molecule has 0 fully saturated rings. The van der Waals surface area contributed by atoms with Crippen LogP contribution in [0, 0.1) is 5.92 Å². The Morgan fingerprint density at radius 3 is 1.91 bits per heavy atom. The zero-order valence-corrected chi connectivity index (χ0v) is 31.5. The van der Waals surface area contributed by atoms with E-state index < -0.39 is 5.41 Å². The van der Waals surface area contributed by atoms with Crippen LogP contribution in [0.3, 0.4) is 0 Å². The molecular formula is C52H39N5. The zero-order chi connectivity index (χ0) is 38.1. The van der Waals surface area contributed by atoms with Crippen molar-refractivity contribution in [3.05, 3.63) is 211 Å². The van der Waals surface area contributed by atoms with Gasteiger partial charge in [-0.25, -0.2) is 0 Å². The third kappa shape index (κ3) is 4.75. The Labute approximate surface area is 331 Å². The van der Waals surface area contributed by atoms with E-state index in [0.29, 0.717) is 0 Å². The van der Waals surface area contributed by atoms with Crippen LogP contribution in [0.15, 0.2) is 194 Å². The molecule has 5 nitrogen and oxygen atoms in total. The summed E-state index contributed by atoms with van der Waals surface area (Å²) in [4.78, 5) is 8.79. The molecule has 0 radical (unpaired) electrons. The van der Waals surface area contributed by atoms with E-state index in [1.165, 1.54) is 21.9 Å². The highest BCUT2D eigenvalue weighted by atomic mass is 15.0. The maximum Gasteiger partial charge on any atom is 0.0637 e. The van der Waals surface area contributed by atoms with Crippen molar-refractivity contribution in [3.63, 3.8) is 0 Å². The summed E-state index contributed by atoms with van der Waals surface area (Å²) in [7, 11) is 0. The molecule has 2 aliphatic rings. The van der Waals surface area contributed by atoms with Gasteiger partial charge in [-0.1, -0.05) is 121 Å². The lowest BCUT2D eigenvalue weighted by atomic mass is 9.61. The molecule has 5 aromatic carbocycles. The first-order valence-corrected chi connectivity index (χ1v) is 19.7. The van der Waals surface area contributed by atoms with Crippen molar-refractivity contribution < 1.29 is 0 Å². The van der Waals surface area contributed by atoms with Crippen LogP contribution in [0.4, 0.5) is 0 Å². The molecule has 2 atom stereocenters. The van der Waals surface area contributed by atoms with Gasteiger partial charge >= 0.3 is 0 Å².